The maximum absolute atomic E-state index is 12.7. The van der Waals surface area contributed by atoms with Crippen LogP contribution in [0.25, 0.3) is 23.0 Å². The van der Waals surface area contributed by atoms with Gasteiger partial charge in [-0.1, -0.05) is 0 Å². The second kappa shape index (κ2) is 6.19. The van der Waals surface area contributed by atoms with Gasteiger partial charge in [-0.2, -0.15) is 5.10 Å². The molecule has 0 aliphatic carbocycles. The highest BCUT2D eigenvalue weighted by atomic mass is 16.2. The molecule has 2 aliphatic rings. The van der Waals surface area contributed by atoms with Crippen LogP contribution in [-0.4, -0.2) is 38.1 Å². The number of carbonyl (C=O) groups is 2. The van der Waals surface area contributed by atoms with Crippen LogP contribution >= 0.6 is 0 Å². The Morgan fingerprint density at radius 2 is 2.04 bits per heavy atom. The standard InChI is InChI=1S/C20H18N6O2/c1-11-9-12-16(23-11)10-13-18-15(25-20(13)28)4-3-14(24-18)17-5-7-22-26(17)8-2-6-21-19(12)27/h3-5,7,9-10,23H,2,6,8H2,1H3,(H,21,27)(H,25,28)/b13-10-. The monoisotopic (exact) mass is 374 g/mol. The van der Waals surface area contributed by atoms with E-state index in [-0.39, 0.29) is 11.8 Å². The van der Waals surface area contributed by atoms with Gasteiger partial charge in [-0.15, -0.1) is 0 Å². The van der Waals surface area contributed by atoms with E-state index in [0.717, 1.165) is 23.5 Å². The fourth-order valence-electron chi connectivity index (χ4n) is 3.65. The van der Waals surface area contributed by atoms with Crippen molar-refractivity contribution in [3.63, 3.8) is 0 Å². The maximum Gasteiger partial charge on any atom is 0.258 e. The second-order valence-corrected chi connectivity index (χ2v) is 6.93. The number of anilines is 1. The molecule has 3 aromatic rings. The summed E-state index contributed by atoms with van der Waals surface area (Å²) in [6.45, 7) is 3.06. The predicted molar refractivity (Wildman–Crippen MR) is 104 cm³/mol. The lowest BCUT2D eigenvalue weighted by Gasteiger charge is -2.10. The van der Waals surface area contributed by atoms with E-state index in [4.69, 9.17) is 4.98 Å². The molecule has 3 N–H and O–H groups in total. The molecule has 2 aliphatic heterocycles. The Labute approximate surface area is 160 Å². The number of aromatic amines is 1. The molecule has 2 bridgehead atoms. The minimum absolute atomic E-state index is 0.172. The van der Waals surface area contributed by atoms with Crippen LogP contribution in [0.15, 0.2) is 30.5 Å². The molecule has 140 valence electrons. The van der Waals surface area contributed by atoms with E-state index in [1.54, 1.807) is 18.3 Å². The van der Waals surface area contributed by atoms with Crippen LogP contribution in [0.2, 0.25) is 0 Å². The van der Waals surface area contributed by atoms with Crippen molar-refractivity contribution in [3.8, 4) is 11.4 Å². The Morgan fingerprint density at radius 1 is 1.14 bits per heavy atom. The average Bonchev–Trinajstić information content (AvgIpc) is 3.36. The molecule has 0 spiro atoms. The van der Waals surface area contributed by atoms with Gasteiger partial charge in [0.1, 0.15) is 5.69 Å². The van der Waals surface area contributed by atoms with Crippen molar-refractivity contribution < 1.29 is 9.59 Å². The smallest absolute Gasteiger partial charge is 0.258 e. The average molecular weight is 374 g/mol. The summed E-state index contributed by atoms with van der Waals surface area (Å²) in [5.74, 6) is -0.409. The summed E-state index contributed by atoms with van der Waals surface area (Å²) in [5, 5.41) is 10.2. The fraction of sp³-hybridized carbons (Fsp3) is 0.200. The topological polar surface area (TPSA) is 105 Å². The van der Waals surface area contributed by atoms with Crippen molar-refractivity contribution in [1.82, 2.24) is 25.1 Å². The van der Waals surface area contributed by atoms with Gasteiger partial charge < -0.3 is 15.6 Å². The first-order valence-corrected chi connectivity index (χ1v) is 9.14. The van der Waals surface area contributed by atoms with Gasteiger partial charge in [-0.05, 0) is 43.7 Å². The van der Waals surface area contributed by atoms with Crippen LogP contribution < -0.4 is 10.6 Å². The number of aryl methyl sites for hydroxylation is 2. The van der Waals surface area contributed by atoms with Crippen molar-refractivity contribution in [2.75, 3.05) is 11.9 Å². The van der Waals surface area contributed by atoms with Crippen molar-refractivity contribution >= 4 is 29.2 Å². The van der Waals surface area contributed by atoms with E-state index < -0.39 is 0 Å². The first kappa shape index (κ1) is 16.5. The third-order valence-electron chi connectivity index (χ3n) is 4.97. The first-order valence-electron chi connectivity index (χ1n) is 9.14. The third kappa shape index (κ3) is 2.61. The summed E-state index contributed by atoms with van der Waals surface area (Å²) >= 11 is 0. The summed E-state index contributed by atoms with van der Waals surface area (Å²) < 4.78 is 1.87. The molecule has 0 radical (unpaired) electrons. The number of H-pyrrole nitrogens is 1. The van der Waals surface area contributed by atoms with Crippen LogP contribution in [0.1, 0.15) is 33.9 Å². The number of aromatic nitrogens is 4. The van der Waals surface area contributed by atoms with Crippen molar-refractivity contribution in [2.45, 2.75) is 19.9 Å². The van der Waals surface area contributed by atoms with Gasteiger partial charge in [-0.25, -0.2) is 4.98 Å². The summed E-state index contributed by atoms with van der Waals surface area (Å²) in [6.07, 6.45) is 4.17. The lowest BCUT2D eigenvalue weighted by molar-refractivity contribution is -0.110. The summed E-state index contributed by atoms with van der Waals surface area (Å²) in [5.41, 5.74) is 5.25. The van der Waals surface area contributed by atoms with Gasteiger partial charge in [0.25, 0.3) is 11.8 Å². The number of pyridine rings is 1. The number of nitrogens with one attached hydrogen (secondary N) is 3. The minimum Gasteiger partial charge on any atom is -0.358 e. The van der Waals surface area contributed by atoms with Crippen LogP contribution in [0.3, 0.4) is 0 Å². The van der Waals surface area contributed by atoms with Crippen LogP contribution in [0, 0.1) is 6.92 Å². The van der Waals surface area contributed by atoms with E-state index in [9.17, 15) is 9.59 Å². The maximum atomic E-state index is 12.7. The SMILES string of the molecule is Cc1cc2c([nH]1)/C=C1\C(=O)Nc3ccc(nc31)-c1ccnn1CCCNC2=O. The van der Waals surface area contributed by atoms with Gasteiger partial charge in [0.05, 0.1) is 33.9 Å². The molecule has 3 aromatic heterocycles. The fourth-order valence-corrected chi connectivity index (χ4v) is 3.65. The number of carbonyl (C=O) groups excluding carboxylic acids is 2. The highest BCUT2D eigenvalue weighted by molar-refractivity contribution is 6.34. The zero-order valence-corrected chi connectivity index (χ0v) is 15.2. The molecule has 5 heterocycles. The summed E-state index contributed by atoms with van der Waals surface area (Å²) in [6, 6.07) is 7.43. The zero-order valence-electron chi connectivity index (χ0n) is 15.2. The number of amides is 2. The Morgan fingerprint density at radius 3 is 2.93 bits per heavy atom. The molecule has 5 rings (SSSR count). The molecule has 0 unspecified atom stereocenters. The molecule has 0 saturated carbocycles. The molecule has 0 fully saturated rings. The van der Waals surface area contributed by atoms with E-state index in [2.05, 4.69) is 20.7 Å². The first-order chi connectivity index (χ1) is 13.6. The normalized spacial score (nSPS) is 17.7. The lowest BCUT2D eigenvalue weighted by Crippen LogP contribution is -2.25. The predicted octanol–water partition coefficient (Wildman–Crippen LogP) is 2.21. The number of rotatable bonds is 0. The minimum atomic E-state index is -0.237. The van der Waals surface area contributed by atoms with Crippen molar-refractivity contribution in [2.24, 2.45) is 0 Å². The van der Waals surface area contributed by atoms with Gasteiger partial charge in [0, 0.05) is 25.0 Å². The highest BCUT2D eigenvalue weighted by Crippen LogP contribution is 2.34. The quantitative estimate of drug-likeness (QED) is 0.561. The van der Waals surface area contributed by atoms with Gasteiger partial charge in [-0.3, -0.25) is 14.3 Å². The largest absolute Gasteiger partial charge is 0.358 e. The lowest BCUT2D eigenvalue weighted by atomic mass is 10.1. The summed E-state index contributed by atoms with van der Waals surface area (Å²) in [7, 11) is 0. The Hall–Kier alpha value is -3.68. The molecule has 2 amide bonds. The van der Waals surface area contributed by atoms with Crippen LogP contribution in [0.5, 0.6) is 0 Å². The molecule has 28 heavy (non-hydrogen) atoms. The second-order valence-electron chi connectivity index (χ2n) is 6.93. The van der Waals surface area contributed by atoms with Gasteiger partial charge in [0.2, 0.25) is 0 Å². The van der Waals surface area contributed by atoms with E-state index >= 15 is 0 Å². The zero-order chi connectivity index (χ0) is 19.3. The van der Waals surface area contributed by atoms with E-state index in [1.165, 1.54) is 0 Å². The molecular weight excluding hydrogens is 356 g/mol. The number of nitrogens with zero attached hydrogens (tertiary/aromatic N) is 3. The summed E-state index contributed by atoms with van der Waals surface area (Å²) in [4.78, 5) is 33.1. The van der Waals surface area contributed by atoms with Crippen LogP contribution in [0.4, 0.5) is 5.69 Å². The highest BCUT2D eigenvalue weighted by Gasteiger charge is 2.28. The molecule has 8 heteroatoms. The molecule has 8 nitrogen and oxygen atoms in total. The van der Waals surface area contributed by atoms with Gasteiger partial charge in [0.15, 0.2) is 0 Å². The molecule has 0 atom stereocenters. The number of hydrogen-bond acceptors (Lipinski definition) is 4. The molecule has 0 aromatic carbocycles. The molecule has 0 saturated heterocycles. The van der Waals surface area contributed by atoms with Crippen molar-refractivity contribution in [1.29, 1.82) is 0 Å². The third-order valence-corrected chi connectivity index (χ3v) is 4.97. The van der Waals surface area contributed by atoms with E-state index in [1.807, 2.05) is 29.8 Å². The van der Waals surface area contributed by atoms with E-state index in [0.29, 0.717) is 41.3 Å². The van der Waals surface area contributed by atoms with Gasteiger partial charge >= 0.3 is 0 Å². The Balaban J connectivity index is 1.72. The Kier molecular flexibility index (Phi) is 3.65. The van der Waals surface area contributed by atoms with Crippen LogP contribution in [-0.2, 0) is 11.3 Å². The van der Waals surface area contributed by atoms with Crippen molar-refractivity contribution in [3.05, 3.63) is 53.1 Å². The Bertz CT molecular complexity index is 1150. The number of fused-ring (bicyclic) bond motifs is 4. The molecular formula is C20H18N6O2. The number of hydrogen-bond donors (Lipinski definition) is 3.